The van der Waals surface area contributed by atoms with Crippen molar-refractivity contribution in [3.8, 4) is 11.8 Å². The second-order valence-electron chi connectivity index (χ2n) is 9.69. The zero-order chi connectivity index (χ0) is 30.7. The first kappa shape index (κ1) is 29.1. The van der Waals surface area contributed by atoms with Gasteiger partial charge in [-0.2, -0.15) is 18.4 Å². The van der Waals surface area contributed by atoms with E-state index in [1.807, 2.05) is 6.07 Å². The van der Waals surface area contributed by atoms with Gasteiger partial charge < -0.3 is 4.90 Å². The summed E-state index contributed by atoms with van der Waals surface area (Å²) in [7, 11) is 0. The summed E-state index contributed by atoms with van der Waals surface area (Å²) in [6, 6.07) is 16.3. The van der Waals surface area contributed by atoms with E-state index in [0.717, 1.165) is 6.07 Å². The lowest BCUT2D eigenvalue weighted by Crippen LogP contribution is -2.38. The number of amides is 1. The topological polar surface area (TPSA) is 105 Å². The number of hydrogen-bond acceptors (Lipinski definition) is 6. The van der Waals surface area contributed by atoms with Crippen molar-refractivity contribution in [2.45, 2.75) is 32.1 Å². The SMILES string of the molecule is CC(c1nc2ncccc2c(=O)n1-c1ccc(C#N)cc1)N(Cc1cccnc1)C(=O)Cc1ccc(C(F)(F)F)c(F)c1. The van der Waals surface area contributed by atoms with Gasteiger partial charge in [-0.25, -0.2) is 14.4 Å². The lowest BCUT2D eigenvalue weighted by molar-refractivity contribution is -0.140. The fraction of sp³-hybridized carbons (Fsp3) is 0.161. The van der Waals surface area contributed by atoms with Crippen LogP contribution in [-0.2, 0) is 23.9 Å². The van der Waals surface area contributed by atoms with Crippen LogP contribution >= 0.6 is 0 Å². The van der Waals surface area contributed by atoms with Crippen LogP contribution in [0.5, 0.6) is 0 Å². The standard InChI is InChI=1S/C31H22F4N6O2/c1-19(29-39-28-24(5-3-13-38-28)30(43)41(29)23-9-6-20(16-36)7-10-23)40(18-22-4-2-12-37-17-22)27(42)15-21-8-11-25(26(32)14-21)31(33,34)35/h2-14,17,19H,15,18H2,1H3. The molecule has 0 aliphatic rings. The van der Waals surface area contributed by atoms with Gasteiger partial charge in [0.05, 0.1) is 40.7 Å². The Morgan fingerprint density at radius 3 is 2.44 bits per heavy atom. The maximum absolute atomic E-state index is 14.3. The van der Waals surface area contributed by atoms with Gasteiger partial charge >= 0.3 is 6.18 Å². The van der Waals surface area contributed by atoms with Gasteiger partial charge in [0.2, 0.25) is 5.91 Å². The minimum absolute atomic E-state index is 0.000449. The van der Waals surface area contributed by atoms with Gasteiger partial charge in [-0.3, -0.25) is 19.1 Å². The Bertz CT molecular complexity index is 1900. The van der Waals surface area contributed by atoms with Crippen LogP contribution < -0.4 is 5.56 Å². The minimum atomic E-state index is -4.88. The van der Waals surface area contributed by atoms with E-state index in [9.17, 15) is 32.4 Å². The van der Waals surface area contributed by atoms with E-state index in [2.05, 4.69) is 15.0 Å². The highest BCUT2D eigenvalue weighted by molar-refractivity contribution is 5.79. The molecule has 0 bridgehead atoms. The van der Waals surface area contributed by atoms with Gasteiger partial charge in [-0.15, -0.1) is 0 Å². The molecule has 0 spiro atoms. The molecule has 1 unspecified atom stereocenters. The predicted octanol–water partition coefficient (Wildman–Crippen LogP) is 5.54. The van der Waals surface area contributed by atoms with Gasteiger partial charge in [0.1, 0.15) is 11.6 Å². The first-order valence-corrected chi connectivity index (χ1v) is 13.0. The van der Waals surface area contributed by atoms with Crippen molar-refractivity contribution in [2.75, 3.05) is 0 Å². The minimum Gasteiger partial charge on any atom is -0.328 e. The average Bonchev–Trinajstić information content (AvgIpc) is 2.99. The zero-order valence-corrected chi connectivity index (χ0v) is 22.6. The van der Waals surface area contributed by atoms with Crippen LogP contribution in [-0.4, -0.2) is 30.3 Å². The number of hydrogen-bond donors (Lipinski definition) is 0. The van der Waals surface area contributed by atoms with Crippen molar-refractivity contribution in [1.29, 1.82) is 5.26 Å². The zero-order valence-electron chi connectivity index (χ0n) is 22.6. The van der Waals surface area contributed by atoms with Gasteiger partial charge in [0.15, 0.2) is 5.65 Å². The number of rotatable bonds is 7. The molecule has 0 radical (unpaired) electrons. The summed E-state index contributed by atoms with van der Waals surface area (Å²) in [6.07, 6.45) is -0.713. The maximum atomic E-state index is 14.3. The highest BCUT2D eigenvalue weighted by atomic mass is 19.4. The van der Waals surface area contributed by atoms with E-state index in [1.54, 1.807) is 67.8 Å². The number of carbonyl (C=O) groups is 1. The molecule has 216 valence electrons. The number of carbonyl (C=O) groups excluding carboxylic acids is 1. The smallest absolute Gasteiger partial charge is 0.328 e. The Labute approximate surface area is 242 Å². The number of fused-ring (bicyclic) bond motifs is 1. The maximum Gasteiger partial charge on any atom is 0.419 e. The summed E-state index contributed by atoms with van der Waals surface area (Å²) in [5, 5.41) is 9.47. The molecule has 5 aromatic rings. The highest BCUT2D eigenvalue weighted by Gasteiger charge is 2.34. The van der Waals surface area contributed by atoms with E-state index >= 15 is 0 Å². The van der Waals surface area contributed by atoms with Crippen LogP contribution in [0.1, 0.15) is 41.0 Å². The van der Waals surface area contributed by atoms with Crippen LogP contribution in [0.3, 0.4) is 0 Å². The van der Waals surface area contributed by atoms with Crippen molar-refractivity contribution < 1.29 is 22.4 Å². The third kappa shape index (κ3) is 6.11. The molecule has 0 fully saturated rings. The number of alkyl halides is 3. The Balaban J connectivity index is 1.61. The number of benzene rings is 2. The van der Waals surface area contributed by atoms with Crippen molar-refractivity contribution >= 4 is 16.9 Å². The van der Waals surface area contributed by atoms with Crippen LogP contribution in [0.25, 0.3) is 16.7 Å². The molecule has 8 nitrogen and oxygen atoms in total. The Kier molecular flexibility index (Phi) is 7.98. The van der Waals surface area contributed by atoms with Gasteiger partial charge in [-0.1, -0.05) is 12.1 Å². The van der Waals surface area contributed by atoms with Crippen LogP contribution in [0, 0.1) is 17.1 Å². The molecular formula is C31H22F4N6O2. The lowest BCUT2D eigenvalue weighted by atomic mass is 10.1. The average molecular weight is 587 g/mol. The van der Waals surface area contributed by atoms with Crippen LogP contribution in [0.15, 0.2) is 90.1 Å². The van der Waals surface area contributed by atoms with Crippen LogP contribution in [0.2, 0.25) is 0 Å². The number of halogens is 4. The van der Waals surface area contributed by atoms with Crippen molar-refractivity contribution in [1.82, 2.24) is 24.4 Å². The number of nitrogens with zero attached hydrogens (tertiary/aromatic N) is 6. The summed E-state index contributed by atoms with van der Waals surface area (Å²) in [5.41, 5.74) is -0.296. The van der Waals surface area contributed by atoms with E-state index in [4.69, 9.17) is 0 Å². The molecule has 0 aliphatic carbocycles. The highest BCUT2D eigenvalue weighted by Crippen LogP contribution is 2.32. The first-order valence-electron chi connectivity index (χ1n) is 13.0. The molecule has 0 N–H and O–H groups in total. The molecular weight excluding hydrogens is 564 g/mol. The summed E-state index contributed by atoms with van der Waals surface area (Å²) < 4.78 is 54.9. The first-order chi connectivity index (χ1) is 20.6. The van der Waals surface area contributed by atoms with Gasteiger partial charge in [-0.05, 0) is 72.6 Å². The molecule has 2 aromatic carbocycles. The molecule has 1 amide bonds. The molecule has 3 aromatic heterocycles. The van der Waals surface area contributed by atoms with E-state index in [1.165, 1.54) is 15.7 Å². The molecule has 5 rings (SSSR count). The quantitative estimate of drug-likeness (QED) is 0.232. The van der Waals surface area contributed by atoms with Crippen molar-refractivity contribution in [2.24, 2.45) is 0 Å². The summed E-state index contributed by atoms with van der Waals surface area (Å²) in [5.74, 6) is -1.89. The molecule has 12 heteroatoms. The molecule has 0 saturated carbocycles. The number of pyridine rings is 2. The van der Waals surface area contributed by atoms with Crippen LogP contribution in [0.4, 0.5) is 17.6 Å². The Morgan fingerprint density at radius 1 is 1.05 bits per heavy atom. The molecule has 1 atom stereocenters. The monoisotopic (exact) mass is 586 g/mol. The number of aromatic nitrogens is 4. The van der Waals surface area contributed by atoms with Crippen molar-refractivity contribution in [3.63, 3.8) is 0 Å². The molecule has 43 heavy (non-hydrogen) atoms. The van der Waals surface area contributed by atoms with E-state index in [0.29, 0.717) is 28.9 Å². The largest absolute Gasteiger partial charge is 0.419 e. The fourth-order valence-corrected chi connectivity index (χ4v) is 4.69. The van der Waals surface area contributed by atoms with E-state index < -0.39 is 41.5 Å². The number of nitriles is 1. The second-order valence-corrected chi connectivity index (χ2v) is 9.69. The lowest BCUT2D eigenvalue weighted by Gasteiger charge is -2.31. The van der Waals surface area contributed by atoms with E-state index in [-0.39, 0.29) is 29.0 Å². The predicted molar refractivity (Wildman–Crippen MR) is 148 cm³/mol. The summed E-state index contributed by atoms with van der Waals surface area (Å²) in [4.78, 5) is 41.9. The van der Waals surface area contributed by atoms with Gasteiger partial charge in [0, 0.05) is 25.1 Å². The Hall–Kier alpha value is -5.44. The van der Waals surface area contributed by atoms with Crippen molar-refractivity contribution in [3.05, 3.63) is 130 Å². The third-order valence-corrected chi connectivity index (χ3v) is 6.86. The second kappa shape index (κ2) is 11.8. The third-order valence-electron chi connectivity index (χ3n) is 6.86. The molecule has 0 aliphatic heterocycles. The fourth-order valence-electron chi connectivity index (χ4n) is 4.69. The Morgan fingerprint density at radius 2 is 1.79 bits per heavy atom. The normalized spacial score (nSPS) is 12.1. The van der Waals surface area contributed by atoms with Gasteiger partial charge in [0.25, 0.3) is 5.56 Å². The molecule has 0 saturated heterocycles. The molecule has 3 heterocycles. The summed E-state index contributed by atoms with van der Waals surface area (Å²) in [6.45, 7) is 1.65. The summed E-state index contributed by atoms with van der Waals surface area (Å²) >= 11 is 0.